The van der Waals surface area contributed by atoms with Crippen molar-refractivity contribution in [2.45, 2.75) is 29.3 Å². The minimum absolute atomic E-state index is 0.171. The Hall–Kier alpha value is -0.290. The van der Waals surface area contributed by atoms with E-state index in [9.17, 15) is 0 Å². The fourth-order valence-electron chi connectivity index (χ4n) is 1.49. The Labute approximate surface area is 109 Å². The lowest BCUT2D eigenvalue weighted by atomic mass is 10.2. The van der Waals surface area contributed by atoms with Crippen LogP contribution in [0.3, 0.4) is 0 Å². The van der Waals surface area contributed by atoms with E-state index < -0.39 is 0 Å². The maximum Gasteiger partial charge on any atom is 0.0605 e. The Kier molecular flexibility index (Phi) is 4.08. The minimum Gasteiger partial charge on any atom is -0.327 e. The molecule has 2 atom stereocenters. The fraction of sp³-hybridized carbons (Fsp3) is 0.333. The van der Waals surface area contributed by atoms with E-state index in [0.717, 1.165) is 0 Å². The van der Waals surface area contributed by atoms with Crippen molar-refractivity contribution in [2.75, 3.05) is 0 Å². The molecule has 1 nitrogen and oxygen atoms in total. The lowest BCUT2D eigenvalue weighted by Crippen LogP contribution is -2.21. The number of hydrogen-bond acceptors (Lipinski definition) is 4. The molecule has 0 fully saturated rings. The molecule has 0 aromatic carbocycles. The van der Waals surface area contributed by atoms with Crippen molar-refractivity contribution in [3.05, 3.63) is 39.4 Å². The van der Waals surface area contributed by atoms with Crippen LogP contribution in [0.5, 0.6) is 0 Å². The second-order valence-electron chi connectivity index (χ2n) is 3.78. The summed E-state index contributed by atoms with van der Waals surface area (Å²) in [7, 11) is 0. The molecule has 0 saturated heterocycles. The molecular formula is C12H15NS3. The van der Waals surface area contributed by atoms with Crippen LogP contribution in [0.25, 0.3) is 0 Å². The summed E-state index contributed by atoms with van der Waals surface area (Å²) in [4.78, 5) is 2.73. The lowest BCUT2D eigenvalue weighted by molar-refractivity contribution is 0.730. The van der Waals surface area contributed by atoms with Gasteiger partial charge in [0.1, 0.15) is 0 Å². The van der Waals surface area contributed by atoms with Crippen LogP contribution < -0.4 is 5.73 Å². The van der Waals surface area contributed by atoms with Crippen LogP contribution in [0.2, 0.25) is 0 Å². The standard InChI is InChI=1S/C12H15NS3/c1-8-5-6-10(15-8)12(9(2)13)16-11-4-3-7-14-11/h3-7,9,12H,13H2,1-2H3. The monoisotopic (exact) mass is 269 g/mol. The molecule has 0 spiro atoms. The van der Waals surface area contributed by atoms with Crippen LogP contribution in [0, 0.1) is 6.92 Å². The van der Waals surface area contributed by atoms with Gasteiger partial charge in [0.2, 0.25) is 0 Å². The first-order valence-electron chi connectivity index (χ1n) is 5.19. The molecule has 16 heavy (non-hydrogen) atoms. The number of hydrogen-bond donors (Lipinski definition) is 1. The van der Waals surface area contributed by atoms with E-state index in [1.54, 1.807) is 11.3 Å². The molecule has 86 valence electrons. The molecule has 0 bridgehead atoms. The van der Waals surface area contributed by atoms with E-state index in [1.165, 1.54) is 14.0 Å². The summed E-state index contributed by atoms with van der Waals surface area (Å²) < 4.78 is 1.34. The highest BCUT2D eigenvalue weighted by atomic mass is 32.2. The van der Waals surface area contributed by atoms with Crippen molar-refractivity contribution in [1.29, 1.82) is 0 Å². The molecule has 0 aliphatic heterocycles. The topological polar surface area (TPSA) is 26.0 Å². The summed E-state index contributed by atoms with van der Waals surface area (Å²) >= 11 is 5.51. The highest BCUT2D eigenvalue weighted by Crippen LogP contribution is 2.41. The molecule has 2 heterocycles. The normalized spacial score (nSPS) is 14.9. The van der Waals surface area contributed by atoms with Gasteiger partial charge in [-0.05, 0) is 37.4 Å². The summed E-state index contributed by atoms with van der Waals surface area (Å²) in [6, 6.07) is 8.79. The predicted molar refractivity (Wildman–Crippen MR) is 75.6 cm³/mol. The Morgan fingerprint density at radius 1 is 1.31 bits per heavy atom. The van der Waals surface area contributed by atoms with Crippen molar-refractivity contribution >= 4 is 34.4 Å². The van der Waals surface area contributed by atoms with Crippen LogP contribution in [0.15, 0.2) is 33.9 Å². The Morgan fingerprint density at radius 2 is 2.12 bits per heavy atom. The first-order valence-corrected chi connectivity index (χ1v) is 7.76. The van der Waals surface area contributed by atoms with Crippen LogP contribution in [0.1, 0.15) is 21.9 Å². The summed E-state index contributed by atoms with van der Waals surface area (Å²) in [6.07, 6.45) is 0. The average Bonchev–Trinajstić information content (AvgIpc) is 2.84. The van der Waals surface area contributed by atoms with Crippen LogP contribution in [-0.2, 0) is 0 Å². The van der Waals surface area contributed by atoms with Gasteiger partial charge < -0.3 is 5.73 Å². The molecule has 2 rings (SSSR count). The van der Waals surface area contributed by atoms with Gasteiger partial charge in [-0.2, -0.15) is 0 Å². The average molecular weight is 269 g/mol. The number of rotatable bonds is 4. The third-order valence-corrected chi connectivity index (χ3v) is 6.03. The number of thiophene rings is 2. The number of nitrogens with two attached hydrogens (primary N) is 1. The van der Waals surface area contributed by atoms with Crippen molar-refractivity contribution in [2.24, 2.45) is 5.73 Å². The van der Waals surface area contributed by atoms with E-state index >= 15 is 0 Å². The lowest BCUT2D eigenvalue weighted by Gasteiger charge is -2.17. The van der Waals surface area contributed by atoms with Gasteiger partial charge >= 0.3 is 0 Å². The molecule has 2 unspecified atom stereocenters. The van der Waals surface area contributed by atoms with Gasteiger partial charge in [-0.1, -0.05) is 6.07 Å². The molecule has 0 amide bonds. The molecular weight excluding hydrogens is 254 g/mol. The Bertz CT molecular complexity index is 431. The molecule has 0 radical (unpaired) electrons. The summed E-state index contributed by atoms with van der Waals surface area (Å²) in [5.74, 6) is 0. The Balaban J connectivity index is 2.18. The first-order chi connectivity index (χ1) is 7.66. The minimum atomic E-state index is 0.171. The quantitative estimate of drug-likeness (QED) is 0.838. The zero-order valence-corrected chi connectivity index (χ0v) is 11.8. The van der Waals surface area contributed by atoms with Gasteiger partial charge in [0.25, 0.3) is 0 Å². The first kappa shape index (κ1) is 12.2. The van der Waals surface area contributed by atoms with Crippen molar-refractivity contribution < 1.29 is 0 Å². The van der Waals surface area contributed by atoms with Gasteiger partial charge in [-0.25, -0.2) is 0 Å². The summed E-state index contributed by atoms with van der Waals surface area (Å²) in [5.41, 5.74) is 6.08. The number of thioether (sulfide) groups is 1. The zero-order valence-electron chi connectivity index (χ0n) is 9.34. The van der Waals surface area contributed by atoms with Crippen molar-refractivity contribution in [3.8, 4) is 0 Å². The molecule has 0 aliphatic rings. The highest BCUT2D eigenvalue weighted by Gasteiger charge is 2.19. The van der Waals surface area contributed by atoms with E-state index in [0.29, 0.717) is 5.25 Å². The molecule has 2 aromatic rings. The molecule has 2 aromatic heterocycles. The molecule has 0 aliphatic carbocycles. The number of aryl methyl sites for hydroxylation is 1. The fourth-order valence-corrected chi connectivity index (χ4v) is 4.72. The van der Waals surface area contributed by atoms with Gasteiger partial charge in [-0.15, -0.1) is 34.4 Å². The van der Waals surface area contributed by atoms with E-state index in [-0.39, 0.29) is 6.04 Å². The summed E-state index contributed by atoms with van der Waals surface area (Å²) in [5, 5.41) is 2.48. The van der Waals surface area contributed by atoms with Crippen LogP contribution in [-0.4, -0.2) is 6.04 Å². The second kappa shape index (κ2) is 5.36. The molecule has 4 heteroatoms. The smallest absolute Gasteiger partial charge is 0.0605 e. The third kappa shape index (κ3) is 2.88. The van der Waals surface area contributed by atoms with E-state index in [4.69, 9.17) is 5.73 Å². The van der Waals surface area contributed by atoms with E-state index in [2.05, 4.69) is 43.5 Å². The van der Waals surface area contributed by atoms with Gasteiger partial charge in [0.05, 0.1) is 9.46 Å². The van der Waals surface area contributed by atoms with Gasteiger partial charge in [0, 0.05) is 15.8 Å². The van der Waals surface area contributed by atoms with Crippen molar-refractivity contribution in [1.82, 2.24) is 0 Å². The van der Waals surface area contributed by atoms with Crippen LogP contribution in [0.4, 0.5) is 0 Å². The van der Waals surface area contributed by atoms with Gasteiger partial charge in [0.15, 0.2) is 0 Å². The Morgan fingerprint density at radius 3 is 2.62 bits per heavy atom. The maximum atomic E-state index is 6.08. The van der Waals surface area contributed by atoms with E-state index in [1.807, 2.05) is 23.1 Å². The molecule has 2 N–H and O–H groups in total. The second-order valence-corrected chi connectivity index (χ2v) is 7.49. The third-order valence-electron chi connectivity index (χ3n) is 2.26. The highest BCUT2D eigenvalue weighted by molar-refractivity contribution is 8.01. The van der Waals surface area contributed by atoms with Gasteiger partial charge in [-0.3, -0.25) is 0 Å². The summed E-state index contributed by atoms with van der Waals surface area (Å²) in [6.45, 7) is 4.22. The largest absolute Gasteiger partial charge is 0.327 e. The SMILES string of the molecule is Cc1ccc(C(Sc2cccs2)C(C)N)s1. The molecule has 0 saturated carbocycles. The zero-order chi connectivity index (χ0) is 11.5. The predicted octanol–water partition coefficient (Wildman–Crippen LogP) is 4.30. The van der Waals surface area contributed by atoms with Crippen LogP contribution >= 0.6 is 34.4 Å². The van der Waals surface area contributed by atoms with Crippen molar-refractivity contribution in [3.63, 3.8) is 0 Å². The maximum absolute atomic E-state index is 6.08.